The Morgan fingerprint density at radius 3 is 2.42 bits per heavy atom. The molecule has 1 amide bonds. The Kier molecular flexibility index (Phi) is 4.27. The van der Waals surface area contributed by atoms with E-state index in [2.05, 4.69) is 10.4 Å². The molecule has 0 aliphatic carbocycles. The second-order valence-corrected chi connectivity index (χ2v) is 6.01. The van der Waals surface area contributed by atoms with E-state index in [9.17, 15) is 4.79 Å². The van der Waals surface area contributed by atoms with E-state index in [-0.39, 0.29) is 5.91 Å². The number of benzene rings is 2. The smallest absolute Gasteiger partial charge is 0.255 e. The van der Waals surface area contributed by atoms with E-state index in [0.717, 1.165) is 17.1 Å². The number of nitrogens with two attached hydrogens (primary N) is 1. The van der Waals surface area contributed by atoms with E-state index in [4.69, 9.17) is 17.3 Å². The van der Waals surface area contributed by atoms with Crippen LogP contribution in [0.2, 0.25) is 5.02 Å². The summed E-state index contributed by atoms with van der Waals surface area (Å²) < 4.78 is 1.79. The number of carbonyl (C=O) groups is 1. The predicted molar refractivity (Wildman–Crippen MR) is 96.9 cm³/mol. The Morgan fingerprint density at radius 2 is 1.83 bits per heavy atom. The summed E-state index contributed by atoms with van der Waals surface area (Å²) in [7, 11) is 0. The zero-order valence-electron chi connectivity index (χ0n) is 13.4. The molecular weight excluding hydrogens is 324 g/mol. The minimum Gasteiger partial charge on any atom is -0.397 e. The van der Waals surface area contributed by atoms with Gasteiger partial charge < -0.3 is 11.1 Å². The number of aryl methyl sites for hydroxylation is 2. The van der Waals surface area contributed by atoms with Crippen LogP contribution in [0.5, 0.6) is 0 Å². The lowest BCUT2D eigenvalue weighted by atomic mass is 10.2. The number of anilines is 2. The summed E-state index contributed by atoms with van der Waals surface area (Å²) in [4.78, 5) is 12.2. The lowest BCUT2D eigenvalue weighted by Gasteiger charge is -2.11. The lowest BCUT2D eigenvalue weighted by molar-refractivity contribution is 0.102. The van der Waals surface area contributed by atoms with Crippen LogP contribution in [-0.2, 0) is 0 Å². The zero-order chi connectivity index (χ0) is 17.3. The molecule has 122 valence electrons. The molecule has 0 unspecified atom stereocenters. The third-order valence-corrected chi connectivity index (χ3v) is 3.88. The molecule has 0 aliphatic rings. The van der Waals surface area contributed by atoms with Gasteiger partial charge in [-0.2, -0.15) is 5.10 Å². The van der Waals surface area contributed by atoms with E-state index in [0.29, 0.717) is 22.0 Å². The number of nitrogens with zero attached hydrogens (tertiary/aromatic N) is 2. The fourth-order valence-electron chi connectivity index (χ4n) is 2.50. The number of nitrogens with one attached hydrogen (secondary N) is 1. The van der Waals surface area contributed by atoms with Crippen LogP contribution in [0, 0.1) is 13.8 Å². The Hall–Kier alpha value is -2.79. The van der Waals surface area contributed by atoms with Crippen LogP contribution in [0.1, 0.15) is 21.7 Å². The van der Waals surface area contributed by atoms with Crippen molar-refractivity contribution in [2.45, 2.75) is 13.8 Å². The van der Waals surface area contributed by atoms with Crippen molar-refractivity contribution in [1.82, 2.24) is 9.78 Å². The first-order chi connectivity index (χ1) is 11.4. The Balaban J connectivity index is 1.83. The van der Waals surface area contributed by atoms with Gasteiger partial charge in [-0.25, -0.2) is 4.68 Å². The SMILES string of the molecule is Cc1cc(C)n(-c2ccc(NC(=O)c3ccc(Cl)cc3)cc2N)n1. The van der Waals surface area contributed by atoms with Gasteiger partial charge >= 0.3 is 0 Å². The van der Waals surface area contributed by atoms with Crippen molar-refractivity contribution in [3.8, 4) is 5.69 Å². The van der Waals surface area contributed by atoms with Gasteiger partial charge in [0.25, 0.3) is 5.91 Å². The quantitative estimate of drug-likeness (QED) is 0.708. The second kappa shape index (κ2) is 6.37. The molecule has 3 aromatic rings. The molecule has 5 nitrogen and oxygen atoms in total. The van der Waals surface area contributed by atoms with Crippen molar-refractivity contribution in [3.63, 3.8) is 0 Å². The van der Waals surface area contributed by atoms with Gasteiger partial charge in [-0.15, -0.1) is 0 Å². The Labute approximate surface area is 145 Å². The highest BCUT2D eigenvalue weighted by Crippen LogP contribution is 2.23. The van der Waals surface area contributed by atoms with Crippen molar-refractivity contribution in [3.05, 3.63) is 70.5 Å². The summed E-state index contributed by atoms with van der Waals surface area (Å²) in [5.41, 5.74) is 10.5. The average molecular weight is 341 g/mol. The van der Waals surface area contributed by atoms with Gasteiger partial charge in [0, 0.05) is 22.0 Å². The Morgan fingerprint density at radius 1 is 1.12 bits per heavy atom. The predicted octanol–water partition coefficient (Wildman–Crippen LogP) is 3.98. The van der Waals surface area contributed by atoms with Crippen molar-refractivity contribution in [2.75, 3.05) is 11.1 Å². The maximum absolute atomic E-state index is 12.2. The first-order valence-electron chi connectivity index (χ1n) is 7.44. The second-order valence-electron chi connectivity index (χ2n) is 5.57. The number of hydrogen-bond donors (Lipinski definition) is 2. The van der Waals surface area contributed by atoms with Crippen molar-refractivity contribution in [2.24, 2.45) is 0 Å². The Bertz CT molecular complexity index is 900. The van der Waals surface area contributed by atoms with Gasteiger partial charge in [-0.1, -0.05) is 11.6 Å². The van der Waals surface area contributed by atoms with Gasteiger partial charge in [0.1, 0.15) is 0 Å². The first-order valence-corrected chi connectivity index (χ1v) is 7.82. The van der Waals surface area contributed by atoms with Gasteiger partial charge in [0.05, 0.1) is 17.1 Å². The molecule has 0 fully saturated rings. The van der Waals surface area contributed by atoms with Gasteiger partial charge in [0.15, 0.2) is 0 Å². The van der Waals surface area contributed by atoms with Crippen LogP contribution in [0.4, 0.5) is 11.4 Å². The van der Waals surface area contributed by atoms with E-state index >= 15 is 0 Å². The van der Waals surface area contributed by atoms with Gasteiger partial charge in [-0.3, -0.25) is 4.79 Å². The summed E-state index contributed by atoms with van der Waals surface area (Å²) in [6.45, 7) is 3.90. The van der Waals surface area contributed by atoms with Crippen LogP contribution < -0.4 is 11.1 Å². The summed E-state index contributed by atoms with van der Waals surface area (Å²) in [6.07, 6.45) is 0. The number of rotatable bonds is 3. The number of nitrogen functional groups attached to an aromatic ring is 1. The molecule has 1 heterocycles. The molecule has 0 atom stereocenters. The third-order valence-electron chi connectivity index (χ3n) is 3.63. The van der Waals surface area contributed by atoms with Crippen molar-refractivity contribution >= 4 is 28.9 Å². The molecule has 0 radical (unpaired) electrons. The summed E-state index contributed by atoms with van der Waals surface area (Å²) in [6, 6.07) is 14.0. The normalized spacial score (nSPS) is 10.6. The molecule has 3 N–H and O–H groups in total. The minimum atomic E-state index is -0.218. The van der Waals surface area contributed by atoms with Gasteiger partial charge in [0.2, 0.25) is 0 Å². The maximum Gasteiger partial charge on any atom is 0.255 e. The van der Waals surface area contributed by atoms with Crippen molar-refractivity contribution in [1.29, 1.82) is 0 Å². The van der Waals surface area contributed by atoms with E-state index < -0.39 is 0 Å². The highest BCUT2D eigenvalue weighted by Gasteiger charge is 2.10. The summed E-state index contributed by atoms with van der Waals surface area (Å²) in [5, 5.41) is 7.84. The molecule has 2 aromatic carbocycles. The number of carbonyl (C=O) groups excluding carboxylic acids is 1. The standard InChI is InChI=1S/C18H17ClN4O/c1-11-9-12(2)23(22-11)17-8-7-15(10-16(17)20)21-18(24)13-3-5-14(19)6-4-13/h3-10H,20H2,1-2H3,(H,21,24). The zero-order valence-corrected chi connectivity index (χ0v) is 14.1. The largest absolute Gasteiger partial charge is 0.397 e. The van der Waals surface area contributed by atoms with Crippen LogP contribution in [0.15, 0.2) is 48.5 Å². The maximum atomic E-state index is 12.2. The van der Waals surface area contributed by atoms with Crippen LogP contribution >= 0.6 is 11.6 Å². The number of aromatic nitrogens is 2. The molecule has 0 saturated carbocycles. The summed E-state index contributed by atoms with van der Waals surface area (Å²) in [5.74, 6) is -0.218. The molecular formula is C18H17ClN4O. The molecule has 0 saturated heterocycles. The fourth-order valence-corrected chi connectivity index (χ4v) is 2.63. The van der Waals surface area contributed by atoms with Crippen LogP contribution in [0.3, 0.4) is 0 Å². The van der Waals surface area contributed by atoms with E-state index in [1.165, 1.54) is 0 Å². The number of amides is 1. The molecule has 0 bridgehead atoms. The van der Waals surface area contributed by atoms with E-state index in [1.807, 2.05) is 26.0 Å². The molecule has 6 heteroatoms. The third kappa shape index (κ3) is 3.26. The highest BCUT2D eigenvalue weighted by molar-refractivity contribution is 6.30. The monoisotopic (exact) mass is 340 g/mol. The molecule has 3 rings (SSSR count). The van der Waals surface area contributed by atoms with Crippen LogP contribution in [0.25, 0.3) is 5.69 Å². The fraction of sp³-hybridized carbons (Fsp3) is 0.111. The molecule has 0 aliphatic heterocycles. The molecule has 1 aromatic heterocycles. The minimum absolute atomic E-state index is 0.218. The average Bonchev–Trinajstić information content (AvgIpc) is 2.86. The molecule has 0 spiro atoms. The number of halogens is 1. The topological polar surface area (TPSA) is 72.9 Å². The number of hydrogen-bond acceptors (Lipinski definition) is 3. The first kappa shape index (κ1) is 16.1. The summed E-state index contributed by atoms with van der Waals surface area (Å²) >= 11 is 5.83. The lowest BCUT2D eigenvalue weighted by Crippen LogP contribution is -2.12. The van der Waals surface area contributed by atoms with Crippen molar-refractivity contribution < 1.29 is 4.79 Å². The molecule has 24 heavy (non-hydrogen) atoms. The highest BCUT2D eigenvalue weighted by atomic mass is 35.5. The van der Waals surface area contributed by atoms with Gasteiger partial charge in [-0.05, 0) is 62.4 Å². The van der Waals surface area contributed by atoms with Crippen LogP contribution in [-0.4, -0.2) is 15.7 Å². The van der Waals surface area contributed by atoms with E-state index in [1.54, 1.807) is 41.1 Å².